The van der Waals surface area contributed by atoms with E-state index in [1.165, 1.54) is 20.8 Å². The van der Waals surface area contributed by atoms with E-state index in [0.29, 0.717) is 6.42 Å². The zero-order chi connectivity index (χ0) is 20.9. The Hall–Kier alpha value is -2.26. The number of aliphatic hydroxyl groups is 1. The Bertz CT molecular complexity index is 769. The van der Waals surface area contributed by atoms with E-state index in [1.54, 1.807) is 6.92 Å². The van der Waals surface area contributed by atoms with Crippen LogP contribution in [0.4, 0.5) is 0 Å². The van der Waals surface area contributed by atoms with Gasteiger partial charge in [-0.3, -0.25) is 14.4 Å². The number of carbonyl (C=O) groups is 4. The van der Waals surface area contributed by atoms with Gasteiger partial charge >= 0.3 is 17.9 Å². The normalized spacial score (nSPS) is 37.5. The molecule has 0 bridgehead atoms. The smallest absolute Gasteiger partial charge is 0.338 e. The van der Waals surface area contributed by atoms with Crippen LogP contribution in [0.5, 0.6) is 0 Å². The van der Waals surface area contributed by atoms with Crippen molar-refractivity contribution in [2.45, 2.75) is 76.5 Å². The number of esters is 3. The van der Waals surface area contributed by atoms with E-state index in [2.05, 4.69) is 0 Å². The molecule has 1 saturated heterocycles. The number of carbonyl (C=O) groups excluding carboxylic acids is 4. The van der Waals surface area contributed by atoms with Crippen molar-refractivity contribution in [1.82, 2.24) is 0 Å². The molecule has 0 radical (unpaired) electrons. The fourth-order valence-electron chi connectivity index (χ4n) is 3.95. The third-order valence-electron chi connectivity index (χ3n) is 5.52. The predicted molar refractivity (Wildman–Crippen MR) is 91.9 cm³/mol. The molecule has 9 heteroatoms. The minimum absolute atomic E-state index is 0.0174. The van der Waals surface area contributed by atoms with Gasteiger partial charge in [0.2, 0.25) is 0 Å². The van der Waals surface area contributed by atoms with Crippen LogP contribution in [0.2, 0.25) is 0 Å². The molecular weight excluding hydrogens is 372 g/mol. The average Bonchev–Trinajstić information content (AvgIpc) is 3.12. The molecule has 9 nitrogen and oxygen atoms in total. The van der Waals surface area contributed by atoms with Crippen molar-refractivity contribution in [3.63, 3.8) is 0 Å². The molecule has 0 spiro atoms. The van der Waals surface area contributed by atoms with Crippen LogP contribution in [0.1, 0.15) is 47.0 Å². The Labute approximate surface area is 161 Å². The molecule has 0 aromatic carbocycles. The molecule has 28 heavy (non-hydrogen) atoms. The van der Waals surface area contributed by atoms with E-state index < -0.39 is 47.4 Å². The van der Waals surface area contributed by atoms with Gasteiger partial charge in [-0.05, 0) is 20.3 Å². The molecule has 1 saturated carbocycles. The molecular formula is C19H24O9. The highest BCUT2D eigenvalue weighted by atomic mass is 16.6. The topological polar surface area (TPSA) is 129 Å². The number of fused-ring (bicyclic) bond motifs is 3. The van der Waals surface area contributed by atoms with Gasteiger partial charge in [-0.1, -0.05) is 0 Å². The lowest BCUT2D eigenvalue weighted by Gasteiger charge is -2.32. The minimum Gasteiger partial charge on any atom is -0.461 e. The zero-order valence-corrected chi connectivity index (χ0v) is 16.3. The van der Waals surface area contributed by atoms with Gasteiger partial charge < -0.3 is 24.1 Å². The molecule has 1 aliphatic carbocycles. The summed E-state index contributed by atoms with van der Waals surface area (Å²) in [4.78, 5) is 47.9. The van der Waals surface area contributed by atoms with E-state index in [0.717, 1.165) is 0 Å². The summed E-state index contributed by atoms with van der Waals surface area (Å²) in [6, 6.07) is 0. The van der Waals surface area contributed by atoms with Crippen LogP contribution in [-0.4, -0.2) is 64.9 Å². The number of hydrogen-bond acceptors (Lipinski definition) is 9. The molecule has 3 rings (SSSR count). The van der Waals surface area contributed by atoms with Crippen molar-refractivity contribution in [1.29, 1.82) is 0 Å². The Morgan fingerprint density at radius 3 is 2.50 bits per heavy atom. The highest BCUT2D eigenvalue weighted by Crippen LogP contribution is 2.49. The summed E-state index contributed by atoms with van der Waals surface area (Å²) in [5, 5.41) is 10.9. The molecule has 2 fully saturated rings. The van der Waals surface area contributed by atoms with Crippen molar-refractivity contribution < 1.29 is 43.2 Å². The Kier molecular flexibility index (Phi) is 5.09. The molecule has 0 aromatic rings. The summed E-state index contributed by atoms with van der Waals surface area (Å²) in [7, 11) is 0. The Morgan fingerprint density at radius 1 is 1.21 bits per heavy atom. The van der Waals surface area contributed by atoms with Crippen LogP contribution >= 0.6 is 0 Å². The van der Waals surface area contributed by atoms with Crippen LogP contribution in [0.25, 0.3) is 0 Å². The lowest BCUT2D eigenvalue weighted by Crippen LogP contribution is -2.45. The van der Waals surface area contributed by atoms with Gasteiger partial charge in [-0.15, -0.1) is 0 Å². The first-order valence-corrected chi connectivity index (χ1v) is 9.13. The van der Waals surface area contributed by atoms with Crippen molar-refractivity contribution in [3.05, 3.63) is 11.1 Å². The minimum atomic E-state index is -1.57. The molecule has 154 valence electrons. The maximum atomic E-state index is 12.8. The first-order valence-electron chi connectivity index (χ1n) is 9.13. The molecule has 3 aliphatic rings. The van der Waals surface area contributed by atoms with Gasteiger partial charge in [0.1, 0.15) is 12.7 Å². The summed E-state index contributed by atoms with van der Waals surface area (Å²) in [6.07, 6.45) is -2.51. The quantitative estimate of drug-likeness (QED) is 0.408. The van der Waals surface area contributed by atoms with E-state index >= 15 is 0 Å². The molecule has 0 aromatic heterocycles. The predicted octanol–water partition coefficient (Wildman–Crippen LogP) is 0.365. The summed E-state index contributed by atoms with van der Waals surface area (Å²) in [6.45, 7) is 5.25. The summed E-state index contributed by atoms with van der Waals surface area (Å²) in [5.74, 6) is -2.30. The zero-order valence-electron chi connectivity index (χ0n) is 16.3. The fourth-order valence-corrected chi connectivity index (χ4v) is 3.95. The number of Topliss-reactive ketones (excluding diaryl/α,β-unsaturated/α-hetero) is 1. The Balaban J connectivity index is 2.01. The highest BCUT2D eigenvalue weighted by Gasteiger charge is 2.62. The average molecular weight is 396 g/mol. The second-order valence-electron chi connectivity index (χ2n) is 7.86. The van der Waals surface area contributed by atoms with Gasteiger partial charge in [-0.25, -0.2) is 4.79 Å². The van der Waals surface area contributed by atoms with Gasteiger partial charge in [-0.2, -0.15) is 0 Å². The van der Waals surface area contributed by atoms with E-state index in [1.807, 2.05) is 0 Å². The second kappa shape index (κ2) is 6.97. The van der Waals surface area contributed by atoms with Crippen molar-refractivity contribution in [2.75, 3.05) is 6.61 Å². The van der Waals surface area contributed by atoms with Gasteiger partial charge in [0.05, 0.1) is 17.3 Å². The summed E-state index contributed by atoms with van der Waals surface area (Å²) < 4.78 is 21.3. The standard InChI is InChI=1S/C19H24O9/c1-9(20)25-8-11-14-12(22)7-19(4,27-10(2)21)13(23)5-6-18(3)16(28-18)15(14)26-17(11)24/h12,15-16,22H,5-8H2,1-4H3/t12-,15-,16-,18+,19+/m0/s1. The molecule has 0 amide bonds. The van der Waals surface area contributed by atoms with Crippen molar-refractivity contribution in [2.24, 2.45) is 0 Å². The summed E-state index contributed by atoms with van der Waals surface area (Å²) in [5.41, 5.74) is -2.06. The van der Waals surface area contributed by atoms with Crippen LogP contribution in [0.3, 0.4) is 0 Å². The molecule has 5 atom stereocenters. The largest absolute Gasteiger partial charge is 0.461 e. The Morgan fingerprint density at radius 2 is 1.89 bits per heavy atom. The van der Waals surface area contributed by atoms with Gasteiger partial charge in [0, 0.05) is 32.3 Å². The lowest BCUT2D eigenvalue weighted by molar-refractivity contribution is -0.166. The van der Waals surface area contributed by atoms with E-state index in [9.17, 15) is 24.3 Å². The van der Waals surface area contributed by atoms with E-state index in [-0.39, 0.29) is 36.4 Å². The number of hydrogen-bond donors (Lipinski definition) is 1. The third kappa shape index (κ3) is 3.68. The van der Waals surface area contributed by atoms with Crippen LogP contribution in [0.15, 0.2) is 11.1 Å². The number of ketones is 1. The number of rotatable bonds is 3. The monoisotopic (exact) mass is 396 g/mol. The van der Waals surface area contributed by atoms with Crippen LogP contribution in [-0.2, 0) is 38.1 Å². The number of epoxide rings is 1. The van der Waals surface area contributed by atoms with E-state index in [4.69, 9.17) is 18.9 Å². The number of ether oxygens (including phenoxy) is 4. The lowest BCUT2D eigenvalue weighted by atomic mass is 9.81. The first-order chi connectivity index (χ1) is 13.0. The fraction of sp³-hybridized carbons (Fsp3) is 0.684. The molecule has 0 unspecified atom stereocenters. The first kappa shape index (κ1) is 20.5. The van der Waals surface area contributed by atoms with Crippen molar-refractivity contribution >= 4 is 23.7 Å². The van der Waals surface area contributed by atoms with Gasteiger partial charge in [0.25, 0.3) is 0 Å². The third-order valence-corrected chi connectivity index (χ3v) is 5.52. The maximum absolute atomic E-state index is 12.8. The molecule has 1 N–H and O–H groups in total. The molecule has 2 aliphatic heterocycles. The SMILES string of the molecule is CC(=O)OCC1=C2[C@@H](O)C[C@@](C)(OC(C)=O)C(=O)CC[C@@]3(C)O[C@H]3[C@H]2OC1=O. The molecule has 2 heterocycles. The van der Waals surface area contributed by atoms with Crippen LogP contribution < -0.4 is 0 Å². The second-order valence-corrected chi connectivity index (χ2v) is 7.86. The van der Waals surface area contributed by atoms with Crippen molar-refractivity contribution in [3.8, 4) is 0 Å². The van der Waals surface area contributed by atoms with Crippen LogP contribution in [0, 0.1) is 0 Å². The highest BCUT2D eigenvalue weighted by molar-refractivity contribution is 5.94. The maximum Gasteiger partial charge on any atom is 0.338 e. The summed E-state index contributed by atoms with van der Waals surface area (Å²) >= 11 is 0. The van der Waals surface area contributed by atoms with Gasteiger partial charge in [0.15, 0.2) is 17.5 Å². The number of aliphatic hydroxyl groups excluding tert-OH is 1.